The second kappa shape index (κ2) is 6.47. The van der Waals surface area contributed by atoms with Gasteiger partial charge in [-0.25, -0.2) is 5.84 Å². The molecule has 0 aliphatic carbocycles. The first-order valence-corrected chi connectivity index (χ1v) is 7.36. The van der Waals surface area contributed by atoms with E-state index in [0.29, 0.717) is 4.88 Å². The van der Waals surface area contributed by atoms with E-state index in [1.807, 2.05) is 13.0 Å². The van der Waals surface area contributed by atoms with E-state index >= 15 is 0 Å². The highest BCUT2D eigenvalue weighted by Gasteiger charge is 2.18. The van der Waals surface area contributed by atoms with E-state index < -0.39 is 0 Å². The highest BCUT2D eigenvalue weighted by Crippen LogP contribution is 2.23. The zero-order valence-electron chi connectivity index (χ0n) is 11.4. The molecule has 6 heteroatoms. The van der Waals surface area contributed by atoms with Crippen molar-refractivity contribution in [3.8, 4) is 0 Å². The summed E-state index contributed by atoms with van der Waals surface area (Å²) < 4.78 is 5.64. The van der Waals surface area contributed by atoms with Crippen molar-refractivity contribution in [2.24, 2.45) is 5.84 Å². The Morgan fingerprint density at radius 2 is 2.47 bits per heavy atom. The molecule has 1 amide bonds. The lowest BCUT2D eigenvalue weighted by atomic mass is 10.2. The van der Waals surface area contributed by atoms with Crippen molar-refractivity contribution < 1.29 is 9.53 Å². The van der Waals surface area contributed by atoms with Crippen molar-refractivity contribution in [3.05, 3.63) is 21.4 Å². The van der Waals surface area contributed by atoms with Crippen LogP contribution in [0, 0.1) is 6.92 Å². The van der Waals surface area contributed by atoms with Crippen LogP contribution in [0.1, 0.15) is 33.5 Å². The number of nitrogen functional groups attached to an aromatic ring is 1. The summed E-state index contributed by atoms with van der Waals surface area (Å²) in [6, 6.07) is 1.94. The molecule has 1 fully saturated rings. The highest BCUT2D eigenvalue weighted by molar-refractivity contribution is 7.14. The number of rotatable bonds is 3. The summed E-state index contributed by atoms with van der Waals surface area (Å²) in [5.74, 6) is 4.95. The highest BCUT2D eigenvalue weighted by atomic mass is 32.1. The molecule has 1 aromatic heterocycles. The average Bonchev–Trinajstić information content (AvgIpc) is 2.61. The van der Waals surface area contributed by atoms with Gasteiger partial charge >= 0.3 is 0 Å². The topological polar surface area (TPSA) is 67.6 Å². The summed E-state index contributed by atoms with van der Waals surface area (Å²) in [7, 11) is 0. The van der Waals surface area contributed by atoms with Crippen molar-refractivity contribution in [1.82, 2.24) is 10.3 Å². The molecule has 3 N–H and O–H groups in total. The number of hydrogen-bond donors (Lipinski definition) is 2. The molecule has 106 valence electrons. The molecular formula is C13H21N3O2S. The number of ether oxygens (including phenoxy) is 1. The van der Waals surface area contributed by atoms with E-state index in [-0.39, 0.29) is 12.0 Å². The standard InChI is InChI=1S/C13H21N3O2S/c1-9-7-16(4-3-5-18-9)8-11-6-12(13(17)15-14)19-10(11)2/h6,9H,3-5,7-8,14H2,1-2H3,(H,15,17). The Hall–Kier alpha value is -0.950. The van der Waals surface area contributed by atoms with Crippen LogP contribution in [-0.4, -0.2) is 36.6 Å². The molecule has 1 atom stereocenters. The van der Waals surface area contributed by atoms with Gasteiger partial charge in [-0.15, -0.1) is 11.3 Å². The maximum Gasteiger partial charge on any atom is 0.275 e. The van der Waals surface area contributed by atoms with E-state index in [4.69, 9.17) is 10.6 Å². The Morgan fingerprint density at radius 3 is 3.21 bits per heavy atom. The van der Waals surface area contributed by atoms with Gasteiger partial charge in [-0.2, -0.15) is 0 Å². The first-order valence-electron chi connectivity index (χ1n) is 6.54. The fraction of sp³-hybridized carbons (Fsp3) is 0.615. The Labute approximate surface area is 117 Å². The van der Waals surface area contributed by atoms with Crippen LogP contribution in [0.25, 0.3) is 0 Å². The monoisotopic (exact) mass is 283 g/mol. The fourth-order valence-electron chi connectivity index (χ4n) is 2.32. The Balaban J connectivity index is 2.05. The zero-order valence-corrected chi connectivity index (χ0v) is 12.3. The normalized spacial score (nSPS) is 21.1. The summed E-state index contributed by atoms with van der Waals surface area (Å²) in [6.07, 6.45) is 1.33. The third-order valence-corrected chi connectivity index (χ3v) is 4.40. The summed E-state index contributed by atoms with van der Waals surface area (Å²) in [5, 5.41) is 0. The molecule has 0 bridgehead atoms. The van der Waals surface area contributed by atoms with Gasteiger partial charge < -0.3 is 4.74 Å². The van der Waals surface area contributed by atoms with E-state index in [9.17, 15) is 4.79 Å². The lowest BCUT2D eigenvalue weighted by molar-refractivity contribution is 0.0668. The van der Waals surface area contributed by atoms with Gasteiger partial charge in [0.2, 0.25) is 0 Å². The van der Waals surface area contributed by atoms with E-state index in [1.165, 1.54) is 21.8 Å². The molecular weight excluding hydrogens is 262 g/mol. The van der Waals surface area contributed by atoms with Crippen LogP contribution in [0.5, 0.6) is 0 Å². The molecule has 1 aliphatic heterocycles. The molecule has 0 saturated carbocycles. The first kappa shape index (κ1) is 14.5. The molecule has 1 aromatic rings. The van der Waals surface area contributed by atoms with E-state index in [2.05, 4.69) is 17.2 Å². The SMILES string of the molecule is Cc1sc(C(=O)NN)cc1CN1CCCOC(C)C1. The molecule has 1 aliphatic rings. The minimum atomic E-state index is -0.216. The molecule has 1 unspecified atom stereocenters. The maximum absolute atomic E-state index is 11.5. The van der Waals surface area contributed by atoms with Crippen molar-refractivity contribution in [2.75, 3.05) is 19.7 Å². The van der Waals surface area contributed by atoms with E-state index in [1.54, 1.807) is 0 Å². The largest absolute Gasteiger partial charge is 0.377 e. The van der Waals surface area contributed by atoms with Crippen molar-refractivity contribution in [1.29, 1.82) is 0 Å². The van der Waals surface area contributed by atoms with Crippen LogP contribution in [0.15, 0.2) is 6.07 Å². The molecule has 2 heterocycles. The number of hydrogen-bond acceptors (Lipinski definition) is 5. The summed E-state index contributed by atoms with van der Waals surface area (Å²) in [5.41, 5.74) is 3.39. The lowest BCUT2D eigenvalue weighted by Gasteiger charge is -2.21. The van der Waals surface area contributed by atoms with Crippen LogP contribution in [0.2, 0.25) is 0 Å². The van der Waals surface area contributed by atoms with Gasteiger partial charge in [0, 0.05) is 31.1 Å². The molecule has 0 aromatic carbocycles. The quantitative estimate of drug-likeness (QED) is 0.498. The van der Waals surface area contributed by atoms with Gasteiger partial charge in [0.05, 0.1) is 11.0 Å². The lowest BCUT2D eigenvalue weighted by Crippen LogP contribution is -2.30. The Kier molecular flexibility index (Phi) is 4.93. The number of thiophene rings is 1. The molecule has 1 saturated heterocycles. The molecule has 2 rings (SSSR count). The maximum atomic E-state index is 11.5. The minimum absolute atomic E-state index is 0.216. The Bertz CT molecular complexity index is 447. The number of nitrogens with one attached hydrogen (secondary N) is 1. The van der Waals surface area contributed by atoms with Crippen LogP contribution >= 0.6 is 11.3 Å². The predicted molar refractivity (Wildman–Crippen MR) is 76.0 cm³/mol. The Morgan fingerprint density at radius 1 is 1.68 bits per heavy atom. The molecule has 0 spiro atoms. The van der Waals surface area contributed by atoms with Gasteiger partial charge in [0.25, 0.3) is 5.91 Å². The number of amides is 1. The molecule has 19 heavy (non-hydrogen) atoms. The van der Waals surface area contributed by atoms with Crippen LogP contribution in [-0.2, 0) is 11.3 Å². The average molecular weight is 283 g/mol. The third kappa shape index (κ3) is 3.76. The summed E-state index contributed by atoms with van der Waals surface area (Å²) in [4.78, 5) is 15.8. The van der Waals surface area contributed by atoms with Gasteiger partial charge in [0.15, 0.2) is 0 Å². The summed E-state index contributed by atoms with van der Waals surface area (Å²) in [6.45, 7) is 7.83. The predicted octanol–water partition coefficient (Wildman–Crippen LogP) is 1.27. The van der Waals surface area contributed by atoms with Crippen LogP contribution in [0.4, 0.5) is 0 Å². The summed E-state index contributed by atoms with van der Waals surface area (Å²) >= 11 is 1.49. The number of nitrogens with zero attached hydrogens (tertiary/aromatic N) is 1. The zero-order chi connectivity index (χ0) is 13.8. The van der Waals surface area contributed by atoms with Crippen molar-refractivity contribution in [2.45, 2.75) is 32.9 Å². The van der Waals surface area contributed by atoms with Gasteiger partial charge in [-0.1, -0.05) is 0 Å². The smallest absolute Gasteiger partial charge is 0.275 e. The van der Waals surface area contributed by atoms with Crippen LogP contribution < -0.4 is 11.3 Å². The van der Waals surface area contributed by atoms with Crippen molar-refractivity contribution >= 4 is 17.2 Å². The number of carbonyl (C=O) groups is 1. The molecule has 5 nitrogen and oxygen atoms in total. The number of nitrogens with two attached hydrogens (primary N) is 1. The second-order valence-electron chi connectivity index (χ2n) is 4.94. The number of hydrazine groups is 1. The first-order chi connectivity index (χ1) is 9.10. The van der Waals surface area contributed by atoms with E-state index in [0.717, 1.165) is 32.7 Å². The van der Waals surface area contributed by atoms with Crippen molar-refractivity contribution in [3.63, 3.8) is 0 Å². The minimum Gasteiger partial charge on any atom is -0.377 e. The second-order valence-corrected chi connectivity index (χ2v) is 6.19. The number of aryl methyl sites for hydroxylation is 1. The van der Waals surface area contributed by atoms with Crippen LogP contribution in [0.3, 0.4) is 0 Å². The van der Waals surface area contributed by atoms with Gasteiger partial charge in [-0.3, -0.25) is 15.1 Å². The van der Waals surface area contributed by atoms with Gasteiger partial charge in [0.1, 0.15) is 0 Å². The third-order valence-electron chi connectivity index (χ3n) is 3.31. The number of carbonyl (C=O) groups excluding carboxylic acids is 1. The fourth-order valence-corrected chi connectivity index (χ4v) is 3.26. The molecule has 0 radical (unpaired) electrons. The van der Waals surface area contributed by atoms with Gasteiger partial charge in [-0.05, 0) is 31.9 Å².